The lowest BCUT2D eigenvalue weighted by Crippen LogP contribution is -2.35. The Kier molecular flexibility index (Phi) is 4.79. The predicted octanol–water partition coefficient (Wildman–Crippen LogP) is 1.86. The first-order chi connectivity index (χ1) is 9.69. The first kappa shape index (κ1) is 14.1. The number of hydrogen-bond acceptors (Lipinski definition) is 4. The van der Waals surface area contributed by atoms with Crippen LogP contribution in [0.15, 0.2) is 47.1 Å². The largest absolute Gasteiger partial charge is 0.481 e. The highest BCUT2D eigenvalue weighted by Crippen LogP contribution is 2.14. The van der Waals surface area contributed by atoms with Crippen molar-refractivity contribution < 1.29 is 19.1 Å². The zero-order chi connectivity index (χ0) is 14.4. The molecular weight excluding hydrogens is 258 g/mol. The number of carbonyl (C=O) groups excluding carboxylic acids is 1. The first-order valence-corrected chi connectivity index (χ1v) is 6.35. The lowest BCUT2D eigenvalue weighted by atomic mass is 10.2. The van der Waals surface area contributed by atoms with Crippen LogP contribution >= 0.6 is 0 Å². The Labute approximate surface area is 117 Å². The highest BCUT2D eigenvalue weighted by molar-refractivity contribution is 5.80. The Morgan fingerprint density at radius 1 is 1.35 bits per heavy atom. The van der Waals surface area contributed by atoms with E-state index in [-0.39, 0.29) is 12.5 Å². The maximum atomic E-state index is 11.8. The van der Waals surface area contributed by atoms with Gasteiger partial charge in [-0.3, -0.25) is 4.79 Å². The number of amides is 1. The quantitative estimate of drug-likeness (QED) is 0.844. The fourth-order valence-corrected chi connectivity index (χ4v) is 1.66. The van der Waals surface area contributed by atoms with E-state index >= 15 is 0 Å². The highest BCUT2D eigenvalue weighted by Gasteiger charge is 2.14. The molecule has 1 heterocycles. The molecule has 0 aliphatic carbocycles. The zero-order valence-electron chi connectivity index (χ0n) is 11.2. The number of hydrogen-bond donors (Lipinski definition) is 2. The molecule has 2 N–H and O–H groups in total. The average molecular weight is 275 g/mol. The van der Waals surface area contributed by atoms with Crippen LogP contribution in [0.3, 0.4) is 0 Å². The van der Waals surface area contributed by atoms with E-state index in [2.05, 4.69) is 5.32 Å². The summed E-state index contributed by atoms with van der Waals surface area (Å²) in [6, 6.07) is 10.5. The number of furan rings is 1. The van der Waals surface area contributed by atoms with E-state index in [0.717, 1.165) is 5.56 Å². The van der Waals surface area contributed by atoms with Crippen molar-refractivity contribution in [2.75, 3.05) is 0 Å². The molecule has 1 unspecified atom stereocenters. The number of aliphatic hydroxyl groups excluding tert-OH is 1. The Hall–Kier alpha value is -2.27. The standard InChI is InChI=1S/C15H17NO4/c1-11(15(18)16-9-14-3-2-8-19-14)20-13-6-4-12(10-17)5-7-13/h2-8,11,17H,9-10H2,1H3,(H,16,18). The van der Waals surface area contributed by atoms with Crippen LogP contribution < -0.4 is 10.1 Å². The van der Waals surface area contributed by atoms with E-state index in [0.29, 0.717) is 18.1 Å². The second kappa shape index (κ2) is 6.77. The SMILES string of the molecule is CC(Oc1ccc(CO)cc1)C(=O)NCc1ccco1. The molecule has 1 aromatic carbocycles. The van der Waals surface area contributed by atoms with Crippen LogP contribution in [0.4, 0.5) is 0 Å². The summed E-state index contributed by atoms with van der Waals surface area (Å²) in [7, 11) is 0. The fourth-order valence-electron chi connectivity index (χ4n) is 1.66. The van der Waals surface area contributed by atoms with Crippen molar-refractivity contribution in [3.05, 3.63) is 54.0 Å². The van der Waals surface area contributed by atoms with E-state index in [1.165, 1.54) is 0 Å². The molecule has 0 spiro atoms. The number of aliphatic hydroxyl groups is 1. The van der Waals surface area contributed by atoms with E-state index in [1.54, 1.807) is 49.6 Å². The molecule has 2 aromatic rings. The van der Waals surface area contributed by atoms with E-state index in [4.69, 9.17) is 14.3 Å². The number of benzene rings is 1. The van der Waals surface area contributed by atoms with Gasteiger partial charge in [-0.1, -0.05) is 12.1 Å². The molecular formula is C15H17NO4. The maximum absolute atomic E-state index is 11.8. The maximum Gasteiger partial charge on any atom is 0.261 e. The van der Waals surface area contributed by atoms with Gasteiger partial charge in [0.25, 0.3) is 5.91 Å². The highest BCUT2D eigenvalue weighted by atomic mass is 16.5. The molecule has 0 fully saturated rings. The van der Waals surface area contributed by atoms with Crippen LogP contribution in [0.25, 0.3) is 0 Å². The number of ether oxygens (including phenoxy) is 1. The van der Waals surface area contributed by atoms with Crippen LogP contribution in [0.1, 0.15) is 18.2 Å². The summed E-state index contributed by atoms with van der Waals surface area (Å²) in [4.78, 5) is 11.8. The Balaban J connectivity index is 1.83. The number of carbonyl (C=O) groups is 1. The molecule has 5 heteroatoms. The van der Waals surface area contributed by atoms with Crippen molar-refractivity contribution in [3.63, 3.8) is 0 Å². The van der Waals surface area contributed by atoms with Crippen molar-refractivity contribution in [3.8, 4) is 5.75 Å². The van der Waals surface area contributed by atoms with Gasteiger partial charge in [0.15, 0.2) is 6.10 Å². The zero-order valence-corrected chi connectivity index (χ0v) is 11.2. The van der Waals surface area contributed by atoms with Crippen molar-refractivity contribution in [1.29, 1.82) is 0 Å². The third-order valence-corrected chi connectivity index (χ3v) is 2.80. The molecule has 0 saturated carbocycles. The van der Waals surface area contributed by atoms with Gasteiger partial charge in [0.05, 0.1) is 19.4 Å². The van der Waals surface area contributed by atoms with Crippen LogP contribution in [-0.4, -0.2) is 17.1 Å². The van der Waals surface area contributed by atoms with Crippen molar-refractivity contribution >= 4 is 5.91 Å². The molecule has 20 heavy (non-hydrogen) atoms. The minimum absolute atomic E-state index is 0.0144. The normalized spacial score (nSPS) is 11.9. The van der Waals surface area contributed by atoms with E-state index in [9.17, 15) is 4.79 Å². The second-order valence-corrected chi connectivity index (χ2v) is 4.36. The van der Waals surface area contributed by atoms with Crippen molar-refractivity contribution in [1.82, 2.24) is 5.32 Å². The van der Waals surface area contributed by atoms with Crippen LogP contribution in [0.5, 0.6) is 5.75 Å². The molecule has 0 radical (unpaired) electrons. The monoisotopic (exact) mass is 275 g/mol. The molecule has 0 bridgehead atoms. The summed E-state index contributed by atoms with van der Waals surface area (Å²) in [5, 5.41) is 11.7. The van der Waals surface area contributed by atoms with Gasteiger partial charge in [0, 0.05) is 0 Å². The summed E-state index contributed by atoms with van der Waals surface area (Å²) in [6.45, 7) is 2.00. The summed E-state index contributed by atoms with van der Waals surface area (Å²) in [5.74, 6) is 1.06. The minimum atomic E-state index is -0.607. The summed E-state index contributed by atoms with van der Waals surface area (Å²) in [6.07, 6.45) is 0.953. The van der Waals surface area contributed by atoms with Crippen LogP contribution in [0, 0.1) is 0 Å². The molecule has 0 aliphatic heterocycles. The Morgan fingerprint density at radius 3 is 2.70 bits per heavy atom. The third kappa shape index (κ3) is 3.86. The Morgan fingerprint density at radius 2 is 2.10 bits per heavy atom. The van der Waals surface area contributed by atoms with Crippen molar-refractivity contribution in [2.24, 2.45) is 0 Å². The molecule has 2 rings (SSSR count). The second-order valence-electron chi connectivity index (χ2n) is 4.36. The molecule has 106 valence electrons. The smallest absolute Gasteiger partial charge is 0.261 e. The van der Waals surface area contributed by atoms with Gasteiger partial charge in [0.1, 0.15) is 11.5 Å². The van der Waals surface area contributed by atoms with E-state index in [1.807, 2.05) is 0 Å². The first-order valence-electron chi connectivity index (χ1n) is 6.35. The van der Waals surface area contributed by atoms with Crippen LogP contribution in [-0.2, 0) is 17.9 Å². The van der Waals surface area contributed by atoms with Gasteiger partial charge < -0.3 is 19.6 Å². The fraction of sp³-hybridized carbons (Fsp3) is 0.267. The molecule has 1 aromatic heterocycles. The molecule has 0 aliphatic rings. The van der Waals surface area contributed by atoms with Gasteiger partial charge in [0.2, 0.25) is 0 Å². The molecule has 0 saturated heterocycles. The third-order valence-electron chi connectivity index (χ3n) is 2.80. The summed E-state index contributed by atoms with van der Waals surface area (Å²) >= 11 is 0. The summed E-state index contributed by atoms with van der Waals surface area (Å²) < 4.78 is 10.6. The van der Waals surface area contributed by atoms with Gasteiger partial charge in [-0.25, -0.2) is 0 Å². The predicted molar refractivity (Wildman–Crippen MR) is 73.0 cm³/mol. The topological polar surface area (TPSA) is 71.7 Å². The van der Waals surface area contributed by atoms with Gasteiger partial charge in [-0.2, -0.15) is 0 Å². The molecule has 1 amide bonds. The number of rotatable bonds is 6. The molecule has 5 nitrogen and oxygen atoms in total. The minimum Gasteiger partial charge on any atom is -0.481 e. The van der Waals surface area contributed by atoms with Gasteiger partial charge in [-0.05, 0) is 36.8 Å². The summed E-state index contributed by atoms with van der Waals surface area (Å²) in [5.41, 5.74) is 0.798. The molecule has 1 atom stereocenters. The van der Waals surface area contributed by atoms with Crippen LogP contribution in [0.2, 0.25) is 0 Å². The number of nitrogens with one attached hydrogen (secondary N) is 1. The lowest BCUT2D eigenvalue weighted by molar-refractivity contribution is -0.127. The lowest BCUT2D eigenvalue weighted by Gasteiger charge is -2.14. The Bertz CT molecular complexity index is 534. The van der Waals surface area contributed by atoms with Gasteiger partial charge in [-0.15, -0.1) is 0 Å². The average Bonchev–Trinajstić information content (AvgIpc) is 2.98. The van der Waals surface area contributed by atoms with Crippen molar-refractivity contribution in [2.45, 2.75) is 26.2 Å². The van der Waals surface area contributed by atoms with E-state index < -0.39 is 6.10 Å². The van der Waals surface area contributed by atoms with Gasteiger partial charge >= 0.3 is 0 Å².